The van der Waals surface area contributed by atoms with Crippen LogP contribution >= 0.6 is 0 Å². The fraction of sp³-hybridized carbons (Fsp3) is 0.154. The first-order chi connectivity index (χ1) is 7.78. The van der Waals surface area contributed by atoms with Gasteiger partial charge in [-0.05, 0) is 30.7 Å². The molecule has 2 aromatic rings. The number of aryl methyl sites for hydroxylation is 1. The average Bonchev–Trinajstić information content (AvgIpc) is 2.29. The zero-order chi connectivity index (χ0) is 11.4. The summed E-state index contributed by atoms with van der Waals surface area (Å²) in [4.78, 5) is 4.27. The zero-order valence-electron chi connectivity index (χ0n) is 9.18. The summed E-state index contributed by atoms with van der Waals surface area (Å²) in [6.45, 7) is 2.45. The van der Waals surface area contributed by atoms with Gasteiger partial charge in [0, 0.05) is 12.6 Å². The number of ether oxygens (including phenoxy) is 1. The lowest BCUT2D eigenvalue weighted by Crippen LogP contribution is -2.00. The maximum Gasteiger partial charge on any atom is 0.219 e. The number of benzene rings is 1. The molecule has 0 amide bonds. The van der Waals surface area contributed by atoms with Gasteiger partial charge in [-0.1, -0.05) is 18.2 Å². The third-order valence-electron chi connectivity index (χ3n) is 2.20. The molecule has 3 nitrogen and oxygen atoms in total. The van der Waals surface area contributed by atoms with Gasteiger partial charge in [-0.15, -0.1) is 0 Å². The second-order valence-corrected chi connectivity index (χ2v) is 3.59. The summed E-state index contributed by atoms with van der Waals surface area (Å²) in [6.07, 6.45) is 0. The Balaban J connectivity index is 2.20. The Morgan fingerprint density at radius 2 is 2.00 bits per heavy atom. The van der Waals surface area contributed by atoms with Crippen molar-refractivity contribution < 1.29 is 4.74 Å². The fourth-order valence-electron chi connectivity index (χ4n) is 1.43. The fourth-order valence-corrected chi connectivity index (χ4v) is 1.43. The molecule has 0 spiro atoms. The minimum atomic E-state index is 0.422. The number of nitrogens with zero attached hydrogens (tertiary/aromatic N) is 1. The maximum absolute atomic E-state index is 5.64. The summed E-state index contributed by atoms with van der Waals surface area (Å²) in [7, 11) is 0. The molecule has 3 heteroatoms. The molecule has 2 N–H and O–H groups in total. The molecule has 82 valence electrons. The quantitative estimate of drug-likeness (QED) is 0.854. The molecular formula is C13H14N2O. The Hall–Kier alpha value is -1.87. The number of nitrogens with two attached hydrogens (primary N) is 1. The van der Waals surface area contributed by atoms with Crippen LogP contribution in [0.1, 0.15) is 11.3 Å². The van der Waals surface area contributed by atoms with Gasteiger partial charge in [0.1, 0.15) is 5.75 Å². The first kappa shape index (κ1) is 10.6. The van der Waals surface area contributed by atoms with Crippen molar-refractivity contribution in [2.75, 3.05) is 0 Å². The molecule has 0 bridgehead atoms. The lowest BCUT2D eigenvalue weighted by molar-refractivity contribution is 0.460. The van der Waals surface area contributed by atoms with Gasteiger partial charge in [0.05, 0.1) is 5.69 Å². The summed E-state index contributed by atoms with van der Waals surface area (Å²) in [5.41, 5.74) is 7.50. The van der Waals surface area contributed by atoms with Gasteiger partial charge in [-0.2, -0.15) is 0 Å². The van der Waals surface area contributed by atoms with Gasteiger partial charge in [0.15, 0.2) is 0 Å². The molecule has 0 unspecified atom stereocenters. The summed E-state index contributed by atoms with van der Waals surface area (Å²) < 4.78 is 5.64. The largest absolute Gasteiger partial charge is 0.439 e. The number of hydrogen-bond donors (Lipinski definition) is 1. The second kappa shape index (κ2) is 4.77. The molecule has 1 aromatic heterocycles. The van der Waals surface area contributed by atoms with E-state index in [2.05, 4.69) is 4.98 Å². The lowest BCUT2D eigenvalue weighted by atomic mass is 10.2. The first-order valence-electron chi connectivity index (χ1n) is 5.18. The molecule has 0 atom stereocenters. The van der Waals surface area contributed by atoms with Crippen LogP contribution in [0, 0.1) is 6.92 Å². The predicted molar refractivity (Wildman–Crippen MR) is 63.4 cm³/mol. The van der Waals surface area contributed by atoms with E-state index >= 15 is 0 Å². The predicted octanol–water partition coefficient (Wildman–Crippen LogP) is 2.64. The van der Waals surface area contributed by atoms with Crippen molar-refractivity contribution in [3.63, 3.8) is 0 Å². The molecule has 0 radical (unpaired) electrons. The number of pyridine rings is 1. The van der Waals surface area contributed by atoms with Gasteiger partial charge in [0.25, 0.3) is 0 Å². The summed E-state index contributed by atoms with van der Waals surface area (Å²) in [5.74, 6) is 1.37. The minimum absolute atomic E-state index is 0.422. The highest BCUT2D eigenvalue weighted by molar-refractivity contribution is 5.31. The molecule has 16 heavy (non-hydrogen) atoms. The molecule has 1 aromatic carbocycles. The molecular weight excluding hydrogens is 200 g/mol. The van der Waals surface area contributed by atoms with Gasteiger partial charge in [0.2, 0.25) is 5.88 Å². The van der Waals surface area contributed by atoms with Crippen LogP contribution in [0.15, 0.2) is 42.5 Å². The first-order valence-corrected chi connectivity index (χ1v) is 5.18. The summed E-state index contributed by atoms with van der Waals surface area (Å²) in [6, 6.07) is 13.4. The van der Waals surface area contributed by atoms with Crippen LogP contribution < -0.4 is 10.5 Å². The van der Waals surface area contributed by atoms with E-state index in [0.29, 0.717) is 12.4 Å². The van der Waals surface area contributed by atoms with Gasteiger partial charge in [-0.25, -0.2) is 4.98 Å². The molecule has 0 saturated heterocycles. The van der Waals surface area contributed by atoms with Gasteiger partial charge >= 0.3 is 0 Å². The SMILES string of the molecule is Cc1cccc(Oc2cccc(CN)n2)c1. The van der Waals surface area contributed by atoms with Crippen LogP contribution in [0.5, 0.6) is 11.6 Å². The van der Waals surface area contributed by atoms with Crippen LogP contribution in [-0.2, 0) is 6.54 Å². The highest BCUT2D eigenvalue weighted by Gasteiger charge is 1.99. The van der Waals surface area contributed by atoms with Crippen LogP contribution in [0.3, 0.4) is 0 Å². The molecule has 1 heterocycles. The van der Waals surface area contributed by atoms with E-state index in [1.807, 2.05) is 49.4 Å². The Bertz CT molecular complexity index is 483. The van der Waals surface area contributed by atoms with Crippen molar-refractivity contribution in [3.05, 3.63) is 53.7 Å². The monoisotopic (exact) mass is 214 g/mol. The highest BCUT2D eigenvalue weighted by atomic mass is 16.5. The van der Waals surface area contributed by atoms with E-state index in [9.17, 15) is 0 Å². The summed E-state index contributed by atoms with van der Waals surface area (Å²) in [5, 5.41) is 0. The van der Waals surface area contributed by atoms with E-state index < -0.39 is 0 Å². The van der Waals surface area contributed by atoms with Crippen LogP contribution in [0.4, 0.5) is 0 Å². The topological polar surface area (TPSA) is 48.1 Å². The zero-order valence-corrected chi connectivity index (χ0v) is 9.18. The molecule has 0 aliphatic heterocycles. The molecule has 0 fully saturated rings. The standard InChI is InChI=1S/C13H14N2O/c1-10-4-2-6-12(8-10)16-13-7-3-5-11(9-14)15-13/h2-8H,9,14H2,1H3. The van der Waals surface area contributed by atoms with Crippen molar-refractivity contribution in [3.8, 4) is 11.6 Å². The second-order valence-electron chi connectivity index (χ2n) is 3.59. The van der Waals surface area contributed by atoms with Crippen molar-refractivity contribution in [2.24, 2.45) is 5.73 Å². The smallest absolute Gasteiger partial charge is 0.219 e. The van der Waals surface area contributed by atoms with Crippen molar-refractivity contribution in [1.82, 2.24) is 4.98 Å². The van der Waals surface area contributed by atoms with E-state index in [1.54, 1.807) is 0 Å². The third kappa shape index (κ3) is 2.58. The van der Waals surface area contributed by atoms with E-state index in [0.717, 1.165) is 17.0 Å². The van der Waals surface area contributed by atoms with Crippen molar-refractivity contribution in [1.29, 1.82) is 0 Å². The minimum Gasteiger partial charge on any atom is -0.439 e. The molecule has 2 rings (SSSR count). The van der Waals surface area contributed by atoms with Crippen molar-refractivity contribution >= 4 is 0 Å². The Morgan fingerprint density at radius 1 is 1.19 bits per heavy atom. The number of aromatic nitrogens is 1. The number of rotatable bonds is 3. The Labute approximate surface area is 94.9 Å². The lowest BCUT2D eigenvalue weighted by Gasteiger charge is -2.06. The molecule has 0 aliphatic carbocycles. The Morgan fingerprint density at radius 3 is 2.75 bits per heavy atom. The van der Waals surface area contributed by atoms with Crippen LogP contribution in [-0.4, -0.2) is 4.98 Å². The Kier molecular flexibility index (Phi) is 3.17. The normalized spacial score (nSPS) is 10.1. The van der Waals surface area contributed by atoms with Crippen molar-refractivity contribution in [2.45, 2.75) is 13.5 Å². The van der Waals surface area contributed by atoms with E-state index in [4.69, 9.17) is 10.5 Å². The van der Waals surface area contributed by atoms with Gasteiger partial charge in [-0.3, -0.25) is 0 Å². The van der Waals surface area contributed by atoms with Crippen LogP contribution in [0.2, 0.25) is 0 Å². The third-order valence-corrected chi connectivity index (χ3v) is 2.20. The average molecular weight is 214 g/mol. The van der Waals surface area contributed by atoms with E-state index in [-0.39, 0.29) is 0 Å². The van der Waals surface area contributed by atoms with Gasteiger partial charge < -0.3 is 10.5 Å². The van der Waals surface area contributed by atoms with E-state index in [1.165, 1.54) is 0 Å². The molecule has 0 aliphatic rings. The molecule has 0 saturated carbocycles. The van der Waals surface area contributed by atoms with Crippen LogP contribution in [0.25, 0.3) is 0 Å². The highest BCUT2D eigenvalue weighted by Crippen LogP contribution is 2.20. The maximum atomic E-state index is 5.64. The number of hydrogen-bond acceptors (Lipinski definition) is 3. The summed E-state index contributed by atoms with van der Waals surface area (Å²) >= 11 is 0.